The van der Waals surface area contributed by atoms with Gasteiger partial charge in [0.1, 0.15) is 0 Å². The number of carbonyl (C=O) groups excluding carboxylic acids is 1. The first kappa shape index (κ1) is 36.5. The molecule has 0 aliphatic carbocycles. The molecule has 0 fully saturated rings. The number of hydrogen-bond donors (Lipinski definition) is 1. The lowest BCUT2D eigenvalue weighted by Gasteiger charge is -2.39. The molecule has 0 heterocycles. The molecule has 6 heteroatoms. The molecule has 0 radical (unpaired) electrons. The minimum Gasteiger partial charge on any atom is -0.366 e. The van der Waals surface area contributed by atoms with Crippen molar-refractivity contribution in [3.8, 4) is 0 Å². The molecule has 0 aliphatic heterocycles. The van der Waals surface area contributed by atoms with Gasteiger partial charge in [-0.3, -0.25) is 4.79 Å². The lowest BCUT2D eigenvalue weighted by Crippen LogP contribution is -2.50. The summed E-state index contributed by atoms with van der Waals surface area (Å²) in [7, 11) is 0. The molecule has 0 aromatic carbocycles. The number of carbonyl (C=O) groups is 1. The Morgan fingerprint density at radius 2 is 0.960 bits per heavy atom. The third-order valence-electron chi connectivity index (χ3n) is 4.15. The number of nitrogens with two attached hydrogens (primary N) is 1. The zero-order chi connectivity index (χ0) is 17.3. The maximum absolute atomic E-state index is 9.47. The normalized spacial score (nSPS) is 9.44. The summed E-state index contributed by atoms with van der Waals surface area (Å²) in [5.74, 6) is -0.481. The molecule has 0 rings (SSSR count). The molecular formula is C19H44Br3N2O+. The summed E-state index contributed by atoms with van der Waals surface area (Å²) in [5.41, 5.74) is 4.53. The predicted octanol–water partition coefficient (Wildman–Crippen LogP) is 6.40. The Balaban J connectivity index is -0.000000147. The number of primary amides is 1. The number of hydrogen-bond acceptors (Lipinski definition) is 1. The van der Waals surface area contributed by atoms with Crippen molar-refractivity contribution in [3.05, 3.63) is 12.7 Å². The van der Waals surface area contributed by atoms with Gasteiger partial charge in [-0.1, -0.05) is 60.0 Å². The summed E-state index contributed by atoms with van der Waals surface area (Å²) in [5, 5.41) is 0. The molecule has 25 heavy (non-hydrogen) atoms. The van der Waals surface area contributed by atoms with E-state index in [9.17, 15) is 4.79 Å². The Morgan fingerprint density at radius 3 is 1.08 bits per heavy atom. The summed E-state index contributed by atoms with van der Waals surface area (Å²) in [4.78, 5) is 9.47. The first-order valence-corrected chi connectivity index (χ1v) is 9.28. The molecule has 3 nitrogen and oxygen atoms in total. The Morgan fingerprint density at radius 1 is 0.760 bits per heavy atom. The van der Waals surface area contributed by atoms with Gasteiger partial charge in [0.25, 0.3) is 0 Å². The molecule has 1 amide bonds. The van der Waals surface area contributed by atoms with Crippen LogP contribution in [-0.2, 0) is 4.79 Å². The quantitative estimate of drug-likeness (QED) is 0.207. The summed E-state index contributed by atoms with van der Waals surface area (Å²) >= 11 is 0. The highest BCUT2D eigenvalue weighted by Gasteiger charge is 2.24. The second kappa shape index (κ2) is 26.8. The van der Waals surface area contributed by atoms with Crippen LogP contribution in [-0.4, -0.2) is 36.6 Å². The van der Waals surface area contributed by atoms with Crippen molar-refractivity contribution >= 4 is 56.9 Å². The molecule has 0 spiro atoms. The SMILES string of the molecule is Br.Br.Br.C=CC(N)=O.CCCC[N+](CCCC)(CCCC)CCCC. The molecule has 0 atom stereocenters. The van der Waals surface area contributed by atoms with Crippen LogP contribution in [0.15, 0.2) is 12.7 Å². The van der Waals surface area contributed by atoms with Gasteiger partial charge in [-0.25, -0.2) is 0 Å². The smallest absolute Gasteiger partial charge is 0.240 e. The van der Waals surface area contributed by atoms with Gasteiger partial charge in [0.2, 0.25) is 5.91 Å². The summed E-state index contributed by atoms with van der Waals surface area (Å²) in [6.45, 7) is 18.1. The first-order chi connectivity index (χ1) is 10.5. The van der Waals surface area contributed by atoms with Crippen molar-refractivity contribution in [2.75, 3.05) is 26.2 Å². The lowest BCUT2D eigenvalue weighted by atomic mass is 10.1. The van der Waals surface area contributed by atoms with E-state index in [1.54, 1.807) is 0 Å². The third kappa shape index (κ3) is 24.6. The molecular weight excluding hydrogens is 512 g/mol. The van der Waals surface area contributed by atoms with E-state index in [1.807, 2.05) is 0 Å². The van der Waals surface area contributed by atoms with Crippen LogP contribution in [0.1, 0.15) is 79.1 Å². The highest BCUT2D eigenvalue weighted by atomic mass is 79.9. The molecule has 0 unspecified atom stereocenters. The fraction of sp³-hybridized carbons (Fsp3) is 0.842. The predicted molar refractivity (Wildman–Crippen MR) is 130 cm³/mol. The largest absolute Gasteiger partial charge is 0.366 e. The van der Waals surface area contributed by atoms with Gasteiger partial charge >= 0.3 is 0 Å². The summed E-state index contributed by atoms with van der Waals surface area (Å²) in [6.07, 6.45) is 12.1. The number of unbranched alkanes of at least 4 members (excludes halogenated alkanes) is 4. The van der Waals surface area contributed by atoms with Crippen molar-refractivity contribution in [1.29, 1.82) is 0 Å². The topological polar surface area (TPSA) is 43.1 Å². The van der Waals surface area contributed by atoms with Crippen molar-refractivity contribution < 1.29 is 9.28 Å². The maximum Gasteiger partial charge on any atom is 0.240 e. The van der Waals surface area contributed by atoms with E-state index in [0.29, 0.717) is 0 Å². The second-order valence-corrected chi connectivity index (χ2v) is 6.26. The van der Waals surface area contributed by atoms with Gasteiger partial charge in [0.15, 0.2) is 0 Å². The highest BCUT2D eigenvalue weighted by molar-refractivity contribution is 8.93. The van der Waals surface area contributed by atoms with E-state index >= 15 is 0 Å². The van der Waals surface area contributed by atoms with E-state index in [-0.39, 0.29) is 50.9 Å². The molecule has 0 saturated heterocycles. The Kier molecular flexibility index (Phi) is 39.2. The minimum absolute atomic E-state index is 0. The van der Waals surface area contributed by atoms with Crippen LogP contribution in [0.25, 0.3) is 0 Å². The Labute approximate surface area is 189 Å². The van der Waals surface area contributed by atoms with Gasteiger partial charge in [0, 0.05) is 0 Å². The number of halogens is 3. The molecule has 0 saturated carbocycles. The van der Waals surface area contributed by atoms with Crippen LogP contribution in [0.3, 0.4) is 0 Å². The molecule has 0 aliphatic rings. The number of rotatable bonds is 13. The second-order valence-electron chi connectivity index (χ2n) is 6.26. The first-order valence-electron chi connectivity index (χ1n) is 9.28. The van der Waals surface area contributed by atoms with Crippen LogP contribution >= 0.6 is 50.9 Å². The lowest BCUT2D eigenvalue weighted by molar-refractivity contribution is -0.929. The molecule has 0 bridgehead atoms. The van der Waals surface area contributed by atoms with Gasteiger partial charge < -0.3 is 10.2 Å². The third-order valence-corrected chi connectivity index (χ3v) is 4.15. The van der Waals surface area contributed by atoms with Gasteiger partial charge in [-0.2, -0.15) is 0 Å². The molecule has 2 N–H and O–H groups in total. The van der Waals surface area contributed by atoms with Gasteiger partial charge in [-0.15, -0.1) is 50.9 Å². The Hall–Kier alpha value is 0.610. The monoisotopic (exact) mass is 553 g/mol. The fourth-order valence-corrected chi connectivity index (χ4v) is 2.64. The standard InChI is InChI=1S/C16H36N.C3H5NO.3BrH/c1-5-9-13-17(14-10-6-2,15-11-7-3)16-12-8-4;1-2-3(4)5;;;/h5-16H2,1-4H3;2H,1H2,(H2,4,5);3*1H/q+1;;;;. The van der Waals surface area contributed by atoms with E-state index < -0.39 is 5.91 Å². The zero-order valence-corrected chi connectivity index (χ0v) is 22.1. The van der Waals surface area contributed by atoms with Crippen LogP contribution in [0.4, 0.5) is 0 Å². The number of quaternary nitrogens is 1. The van der Waals surface area contributed by atoms with E-state index in [4.69, 9.17) is 0 Å². The van der Waals surface area contributed by atoms with Crippen LogP contribution in [0, 0.1) is 0 Å². The highest BCUT2D eigenvalue weighted by Crippen LogP contribution is 2.16. The van der Waals surface area contributed by atoms with Crippen LogP contribution in [0.2, 0.25) is 0 Å². The maximum atomic E-state index is 9.47. The van der Waals surface area contributed by atoms with E-state index in [2.05, 4.69) is 40.0 Å². The fourth-order valence-electron chi connectivity index (χ4n) is 2.64. The van der Waals surface area contributed by atoms with Crippen molar-refractivity contribution in [1.82, 2.24) is 0 Å². The summed E-state index contributed by atoms with van der Waals surface area (Å²) in [6, 6.07) is 0. The van der Waals surface area contributed by atoms with Gasteiger partial charge in [0.05, 0.1) is 26.2 Å². The van der Waals surface area contributed by atoms with Crippen LogP contribution < -0.4 is 5.73 Å². The molecule has 0 aromatic rings. The minimum atomic E-state index is -0.481. The summed E-state index contributed by atoms with van der Waals surface area (Å²) < 4.78 is 1.42. The van der Waals surface area contributed by atoms with Crippen molar-refractivity contribution in [2.24, 2.45) is 5.73 Å². The van der Waals surface area contributed by atoms with Crippen molar-refractivity contribution in [3.63, 3.8) is 0 Å². The molecule has 0 aromatic heterocycles. The molecule has 156 valence electrons. The average molecular weight is 556 g/mol. The average Bonchev–Trinajstić information content (AvgIpc) is 2.54. The van der Waals surface area contributed by atoms with E-state index in [0.717, 1.165) is 6.08 Å². The van der Waals surface area contributed by atoms with Crippen molar-refractivity contribution in [2.45, 2.75) is 79.1 Å². The number of amides is 1. The Bertz CT molecular complexity index is 240. The zero-order valence-electron chi connectivity index (χ0n) is 16.9. The van der Waals surface area contributed by atoms with E-state index in [1.165, 1.54) is 82.0 Å². The van der Waals surface area contributed by atoms with Gasteiger partial charge in [-0.05, 0) is 31.8 Å². The van der Waals surface area contributed by atoms with Crippen LogP contribution in [0.5, 0.6) is 0 Å². The number of nitrogens with zero attached hydrogens (tertiary/aromatic N) is 1.